The number of nitrogens with one attached hydrogen (secondary N) is 3. The Labute approximate surface area is 153 Å². The number of unbranched alkanes of at least 4 members (excludes halogenated alkanes) is 3. The van der Waals surface area contributed by atoms with Crippen LogP contribution in [-0.2, 0) is 6.54 Å². The van der Waals surface area contributed by atoms with E-state index < -0.39 is 0 Å². The molecule has 0 spiro atoms. The van der Waals surface area contributed by atoms with E-state index in [0.29, 0.717) is 18.1 Å². The molecule has 0 aliphatic carbocycles. The first-order valence-electron chi connectivity index (χ1n) is 7.73. The van der Waals surface area contributed by atoms with E-state index in [4.69, 9.17) is 4.42 Å². The van der Waals surface area contributed by atoms with Crippen molar-refractivity contribution < 1.29 is 4.42 Å². The third-order valence-electron chi connectivity index (χ3n) is 3.24. The maximum Gasteiger partial charge on any atom is 0.216 e. The van der Waals surface area contributed by atoms with Gasteiger partial charge in [-0.2, -0.15) is 0 Å². The first kappa shape index (κ1) is 19.5. The summed E-state index contributed by atoms with van der Waals surface area (Å²) in [4.78, 5) is 8.57. The average molecular weight is 432 g/mol. The van der Waals surface area contributed by atoms with E-state index in [9.17, 15) is 0 Å². The SMILES string of the molecule is CCCCCCNC(=NC)NCc1nc(-c2ccco2)n[nH]1.I. The van der Waals surface area contributed by atoms with Gasteiger partial charge < -0.3 is 15.1 Å². The molecule has 0 atom stereocenters. The summed E-state index contributed by atoms with van der Waals surface area (Å²) in [6.45, 7) is 3.67. The first-order valence-corrected chi connectivity index (χ1v) is 7.73. The Morgan fingerprint density at radius 3 is 2.87 bits per heavy atom. The number of guanidine groups is 1. The van der Waals surface area contributed by atoms with Gasteiger partial charge in [0.25, 0.3) is 0 Å². The van der Waals surface area contributed by atoms with Crippen molar-refractivity contribution in [2.45, 2.75) is 39.2 Å². The topological polar surface area (TPSA) is 91.1 Å². The van der Waals surface area contributed by atoms with Crippen LogP contribution in [-0.4, -0.2) is 34.7 Å². The molecule has 0 aliphatic rings. The van der Waals surface area contributed by atoms with Gasteiger partial charge in [-0.15, -0.1) is 29.1 Å². The van der Waals surface area contributed by atoms with E-state index in [0.717, 1.165) is 24.7 Å². The second-order valence-corrected chi connectivity index (χ2v) is 5.00. The minimum absolute atomic E-state index is 0. The Kier molecular flexibility index (Phi) is 9.34. The monoisotopic (exact) mass is 432 g/mol. The fraction of sp³-hybridized carbons (Fsp3) is 0.533. The van der Waals surface area contributed by atoms with Gasteiger partial charge in [-0.25, -0.2) is 4.98 Å². The van der Waals surface area contributed by atoms with Crippen LogP contribution in [0.4, 0.5) is 0 Å². The zero-order valence-corrected chi connectivity index (χ0v) is 16.0. The maximum atomic E-state index is 5.26. The average Bonchev–Trinajstić information content (AvgIpc) is 3.20. The predicted molar refractivity (Wildman–Crippen MR) is 102 cm³/mol. The Morgan fingerprint density at radius 1 is 1.30 bits per heavy atom. The molecule has 8 heteroatoms. The number of nitrogens with zero attached hydrogens (tertiary/aromatic N) is 3. The third kappa shape index (κ3) is 6.59. The molecular weight excluding hydrogens is 407 g/mol. The van der Waals surface area contributed by atoms with E-state index in [2.05, 4.69) is 37.7 Å². The van der Waals surface area contributed by atoms with Crippen molar-refractivity contribution in [1.29, 1.82) is 0 Å². The number of aliphatic imine (C=N–C) groups is 1. The normalized spacial score (nSPS) is 11.1. The van der Waals surface area contributed by atoms with Gasteiger partial charge in [-0.3, -0.25) is 10.1 Å². The van der Waals surface area contributed by atoms with E-state index in [1.54, 1.807) is 13.3 Å². The number of furan rings is 1. The molecule has 0 amide bonds. The Bertz CT molecular complexity index is 566. The fourth-order valence-electron chi connectivity index (χ4n) is 2.04. The Balaban J connectivity index is 0.00000264. The fourth-order valence-corrected chi connectivity index (χ4v) is 2.04. The molecule has 0 radical (unpaired) electrons. The second-order valence-electron chi connectivity index (χ2n) is 5.00. The minimum atomic E-state index is 0. The maximum absolute atomic E-state index is 5.26. The van der Waals surface area contributed by atoms with Gasteiger partial charge >= 0.3 is 0 Å². The number of halogens is 1. The summed E-state index contributed by atoms with van der Waals surface area (Å²) in [5, 5.41) is 13.5. The van der Waals surface area contributed by atoms with Gasteiger partial charge in [0.1, 0.15) is 5.82 Å². The van der Waals surface area contributed by atoms with E-state index in [1.807, 2.05) is 12.1 Å². The molecule has 2 aromatic rings. The lowest BCUT2D eigenvalue weighted by molar-refractivity contribution is 0.577. The highest BCUT2D eigenvalue weighted by atomic mass is 127. The standard InChI is InChI=1S/C15H24N6O.HI/c1-3-4-5-6-9-17-15(16-2)18-11-13-19-14(21-20-13)12-8-7-10-22-12;/h7-8,10H,3-6,9,11H2,1-2H3,(H2,16,17,18)(H,19,20,21);1H. The number of hydrogen-bond acceptors (Lipinski definition) is 4. The lowest BCUT2D eigenvalue weighted by atomic mass is 10.2. The van der Waals surface area contributed by atoms with E-state index in [-0.39, 0.29) is 24.0 Å². The smallest absolute Gasteiger partial charge is 0.216 e. The van der Waals surface area contributed by atoms with Gasteiger partial charge in [-0.1, -0.05) is 26.2 Å². The highest BCUT2D eigenvalue weighted by Gasteiger charge is 2.08. The van der Waals surface area contributed by atoms with Crippen LogP contribution in [0.15, 0.2) is 27.8 Å². The largest absolute Gasteiger partial charge is 0.461 e. The van der Waals surface area contributed by atoms with Crippen LogP contribution in [0.25, 0.3) is 11.6 Å². The van der Waals surface area contributed by atoms with Crippen molar-refractivity contribution in [2.75, 3.05) is 13.6 Å². The third-order valence-corrected chi connectivity index (χ3v) is 3.24. The van der Waals surface area contributed by atoms with Crippen molar-refractivity contribution in [2.24, 2.45) is 4.99 Å². The molecule has 128 valence electrons. The number of aromatic nitrogens is 3. The molecule has 0 saturated heterocycles. The molecule has 2 heterocycles. The predicted octanol–water partition coefficient (Wildman–Crippen LogP) is 2.93. The first-order chi connectivity index (χ1) is 10.8. The summed E-state index contributed by atoms with van der Waals surface area (Å²) in [7, 11) is 1.76. The highest BCUT2D eigenvalue weighted by Crippen LogP contribution is 2.14. The quantitative estimate of drug-likeness (QED) is 0.258. The van der Waals surface area contributed by atoms with Crippen molar-refractivity contribution in [3.05, 3.63) is 24.2 Å². The molecule has 0 saturated carbocycles. The van der Waals surface area contributed by atoms with Crippen LogP contribution in [0.5, 0.6) is 0 Å². The van der Waals surface area contributed by atoms with Crippen LogP contribution in [0.1, 0.15) is 38.4 Å². The number of aromatic amines is 1. The number of rotatable bonds is 8. The van der Waals surface area contributed by atoms with Crippen molar-refractivity contribution in [3.8, 4) is 11.6 Å². The molecule has 0 aromatic carbocycles. The van der Waals surface area contributed by atoms with Crippen molar-refractivity contribution in [1.82, 2.24) is 25.8 Å². The van der Waals surface area contributed by atoms with Crippen LogP contribution in [0.2, 0.25) is 0 Å². The molecule has 2 rings (SSSR count). The van der Waals surface area contributed by atoms with Crippen molar-refractivity contribution in [3.63, 3.8) is 0 Å². The van der Waals surface area contributed by atoms with E-state index >= 15 is 0 Å². The number of hydrogen-bond donors (Lipinski definition) is 3. The van der Waals surface area contributed by atoms with Gasteiger partial charge in [0.15, 0.2) is 11.7 Å². The molecular formula is C15H25IN6O. The molecule has 3 N–H and O–H groups in total. The summed E-state index contributed by atoms with van der Waals surface area (Å²) >= 11 is 0. The van der Waals surface area contributed by atoms with E-state index in [1.165, 1.54) is 19.3 Å². The van der Waals surface area contributed by atoms with Crippen molar-refractivity contribution >= 4 is 29.9 Å². The molecule has 7 nitrogen and oxygen atoms in total. The molecule has 0 bridgehead atoms. The summed E-state index contributed by atoms with van der Waals surface area (Å²) in [6.07, 6.45) is 6.53. The zero-order chi connectivity index (χ0) is 15.6. The van der Waals surface area contributed by atoms with Crippen LogP contribution in [0, 0.1) is 0 Å². The summed E-state index contributed by atoms with van der Waals surface area (Å²) < 4.78 is 5.26. The molecule has 0 aliphatic heterocycles. The summed E-state index contributed by atoms with van der Waals surface area (Å²) in [6, 6.07) is 3.64. The Morgan fingerprint density at radius 2 is 2.17 bits per heavy atom. The molecule has 2 aromatic heterocycles. The van der Waals surface area contributed by atoms with Gasteiger partial charge in [0.2, 0.25) is 5.82 Å². The minimum Gasteiger partial charge on any atom is -0.461 e. The van der Waals surface area contributed by atoms with Gasteiger partial charge in [0.05, 0.1) is 12.8 Å². The van der Waals surface area contributed by atoms with Crippen LogP contribution < -0.4 is 10.6 Å². The second kappa shape index (κ2) is 11.0. The van der Waals surface area contributed by atoms with Crippen LogP contribution in [0.3, 0.4) is 0 Å². The summed E-state index contributed by atoms with van der Waals surface area (Å²) in [5.41, 5.74) is 0. The molecule has 0 fully saturated rings. The van der Waals surface area contributed by atoms with Gasteiger partial charge in [0, 0.05) is 13.6 Å². The zero-order valence-electron chi connectivity index (χ0n) is 13.6. The molecule has 23 heavy (non-hydrogen) atoms. The molecule has 0 unspecified atom stereocenters. The van der Waals surface area contributed by atoms with Crippen LogP contribution >= 0.6 is 24.0 Å². The Hall–Kier alpha value is -1.58. The number of H-pyrrole nitrogens is 1. The summed E-state index contributed by atoms with van der Waals surface area (Å²) in [5.74, 6) is 2.72. The lowest BCUT2D eigenvalue weighted by Crippen LogP contribution is -2.37. The lowest BCUT2D eigenvalue weighted by Gasteiger charge is -2.10. The highest BCUT2D eigenvalue weighted by molar-refractivity contribution is 14.0. The van der Waals surface area contributed by atoms with Gasteiger partial charge in [-0.05, 0) is 18.6 Å².